The number of benzene rings is 1. The monoisotopic (exact) mass is 387 g/mol. The van der Waals surface area contributed by atoms with Gasteiger partial charge in [-0.05, 0) is 49.6 Å². The summed E-state index contributed by atoms with van der Waals surface area (Å²) in [7, 11) is 0. The molecule has 1 saturated heterocycles. The molecule has 29 heavy (non-hydrogen) atoms. The maximum absolute atomic E-state index is 12.9. The average Bonchev–Trinajstić information content (AvgIpc) is 3.56. The maximum Gasteiger partial charge on any atom is 0.253 e. The number of hydrogen-bond acceptors (Lipinski definition) is 6. The fourth-order valence-electron chi connectivity index (χ4n) is 3.81. The van der Waals surface area contributed by atoms with E-state index in [9.17, 15) is 4.79 Å². The van der Waals surface area contributed by atoms with Crippen LogP contribution in [0, 0.1) is 11.3 Å². The number of nitriles is 1. The lowest BCUT2D eigenvalue weighted by Crippen LogP contribution is -2.35. The Morgan fingerprint density at radius 2 is 1.97 bits per heavy atom. The summed E-state index contributed by atoms with van der Waals surface area (Å²) in [6.45, 7) is 2.85. The van der Waals surface area contributed by atoms with Gasteiger partial charge in [-0.1, -0.05) is 6.07 Å². The van der Waals surface area contributed by atoms with Crippen molar-refractivity contribution in [3.63, 3.8) is 0 Å². The smallest absolute Gasteiger partial charge is 0.253 e. The highest BCUT2D eigenvalue weighted by atomic mass is 16.2. The molecule has 3 aromatic rings. The second-order valence-electron chi connectivity index (χ2n) is 7.62. The predicted molar refractivity (Wildman–Crippen MR) is 107 cm³/mol. The molecule has 5 rings (SSSR count). The van der Waals surface area contributed by atoms with Crippen LogP contribution in [0.1, 0.15) is 46.9 Å². The van der Waals surface area contributed by atoms with E-state index in [1.807, 2.05) is 21.5 Å². The van der Waals surface area contributed by atoms with Crippen LogP contribution in [0.5, 0.6) is 0 Å². The van der Waals surface area contributed by atoms with Crippen molar-refractivity contribution < 1.29 is 4.79 Å². The van der Waals surface area contributed by atoms with Crippen molar-refractivity contribution >= 4 is 17.4 Å². The standard InChI is InChI=1S/C21H21N7O/c22-14-15-3-1-4-17(13-15)21(29)27-10-2-9-26(11-12-27)19-8-7-18-23-24-20(16-5-6-16)28(18)25-19/h1,3-4,7-8,13,16H,2,5-6,9-12H2. The van der Waals surface area contributed by atoms with Gasteiger partial charge in [-0.15, -0.1) is 15.3 Å². The molecule has 8 nitrogen and oxygen atoms in total. The Hall–Kier alpha value is -3.47. The first-order valence-corrected chi connectivity index (χ1v) is 10.00. The molecule has 1 aromatic carbocycles. The molecule has 146 valence electrons. The third-order valence-corrected chi connectivity index (χ3v) is 5.56. The van der Waals surface area contributed by atoms with Crippen molar-refractivity contribution in [2.45, 2.75) is 25.2 Å². The lowest BCUT2D eigenvalue weighted by molar-refractivity contribution is 0.0767. The van der Waals surface area contributed by atoms with E-state index in [-0.39, 0.29) is 5.91 Å². The van der Waals surface area contributed by atoms with E-state index in [1.54, 1.807) is 24.3 Å². The van der Waals surface area contributed by atoms with Crippen LogP contribution in [-0.4, -0.2) is 56.8 Å². The van der Waals surface area contributed by atoms with Gasteiger partial charge in [-0.3, -0.25) is 4.79 Å². The molecule has 2 aromatic heterocycles. The van der Waals surface area contributed by atoms with Gasteiger partial charge < -0.3 is 9.80 Å². The van der Waals surface area contributed by atoms with Gasteiger partial charge in [0.05, 0.1) is 11.6 Å². The SMILES string of the molecule is N#Cc1cccc(C(=O)N2CCCN(c3ccc4nnc(C5CC5)n4n3)CC2)c1. The first-order valence-electron chi connectivity index (χ1n) is 10.00. The lowest BCUT2D eigenvalue weighted by atomic mass is 10.1. The van der Waals surface area contributed by atoms with Crippen LogP contribution in [0.2, 0.25) is 0 Å². The number of hydrogen-bond donors (Lipinski definition) is 0. The van der Waals surface area contributed by atoms with Crippen LogP contribution in [-0.2, 0) is 0 Å². The molecule has 0 spiro atoms. The van der Waals surface area contributed by atoms with E-state index in [0.717, 1.165) is 43.1 Å². The topological polar surface area (TPSA) is 90.4 Å². The van der Waals surface area contributed by atoms with Crippen LogP contribution in [0.3, 0.4) is 0 Å². The van der Waals surface area contributed by atoms with E-state index in [0.29, 0.717) is 36.7 Å². The predicted octanol–water partition coefficient (Wildman–Crippen LogP) is 2.23. The Balaban J connectivity index is 1.33. The minimum Gasteiger partial charge on any atom is -0.353 e. The van der Waals surface area contributed by atoms with E-state index in [4.69, 9.17) is 10.4 Å². The number of fused-ring (bicyclic) bond motifs is 1. The van der Waals surface area contributed by atoms with Crippen molar-refractivity contribution in [1.29, 1.82) is 5.26 Å². The van der Waals surface area contributed by atoms with Crippen molar-refractivity contribution in [2.75, 3.05) is 31.1 Å². The zero-order valence-corrected chi connectivity index (χ0v) is 16.0. The van der Waals surface area contributed by atoms with Gasteiger partial charge in [0.25, 0.3) is 5.91 Å². The van der Waals surface area contributed by atoms with Crippen molar-refractivity contribution in [1.82, 2.24) is 24.7 Å². The Morgan fingerprint density at radius 1 is 1.07 bits per heavy atom. The number of amides is 1. The second kappa shape index (κ2) is 7.17. The van der Waals surface area contributed by atoms with Gasteiger partial charge in [0.2, 0.25) is 0 Å². The molecule has 1 saturated carbocycles. The summed E-state index contributed by atoms with van der Waals surface area (Å²) in [5, 5.41) is 22.4. The molecule has 2 aliphatic rings. The molecule has 0 atom stereocenters. The van der Waals surface area contributed by atoms with Gasteiger partial charge in [0.15, 0.2) is 11.5 Å². The molecule has 1 aliphatic heterocycles. The highest BCUT2D eigenvalue weighted by Crippen LogP contribution is 2.38. The average molecular weight is 387 g/mol. The zero-order chi connectivity index (χ0) is 19.8. The Labute approximate surface area is 168 Å². The summed E-state index contributed by atoms with van der Waals surface area (Å²) in [4.78, 5) is 17.0. The van der Waals surface area contributed by atoms with Gasteiger partial charge in [0, 0.05) is 37.7 Å². The number of nitrogens with zero attached hydrogens (tertiary/aromatic N) is 7. The van der Waals surface area contributed by atoms with E-state index in [1.165, 1.54) is 0 Å². The Kier molecular flexibility index (Phi) is 4.35. The number of carbonyl (C=O) groups excluding carboxylic acids is 1. The summed E-state index contributed by atoms with van der Waals surface area (Å²) >= 11 is 0. The number of aromatic nitrogens is 4. The summed E-state index contributed by atoms with van der Waals surface area (Å²) < 4.78 is 1.87. The molecule has 1 aliphatic carbocycles. The number of rotatable bonds is 3. The van der Waals surface area contributed by atoms with Gasteiger partial charge >= 0.3 is 0 Å². The fraction of sp³-hybridized carbons (Fsp3) is 0.381. The third-order valence-electron chi connectivity index (χ3n) is 5.56. The minimum atomic E-state index is -0.0257. The van der Waals surface area contributed by atoms with Gasteiger partial charge in [-0.2, -0.15) is 9.78 Å². The van der Waals surface area contributed by atoms with Crippen molar-refractivity contribution in [2.24, 2.45) is 0 Å². The molecular weight excluding hydrogens is 366 g/mol. The van der Waals surface area contributed by atoms with Crippen LogP contribution < -0.4 is 4.90 Å². The summed E-state index contributed by atoms with van der Waals surface area (Å²) in [6, 6.07) is 12.9. The minimum absolute atomic E-state index is 0.0257. The quantitative estimate of drug-likeness (QED) is 0.684. The van der Waals surface area contributed by atoms with E-state index in [2.05, 4.69) is 21.2 Å². The molecule has 0 bridgehead atoms. The maximum atomic E-state index is 12.9. The van der Waals surface area contributed by atoms with Crippen LogP contribution in [0.25, 0.3) is 5.65 Å². The fourth-order valence-corrected chi connectivity index (χ4v) is 3.81. The molecule has 0 radical (unpaired) electrons. The zero-order valence-electron chi connectivity index (χ0n) is 16.0. The molecule has 0 unspecified atom stereocenters. The van der Waals surface area contributed by atoms with Gasteiger partial charge in [-0.25, -0.2) is 0 Å². The highest BCUT2D eigenvalue weighted by Gasteiger charge is 2.29. The Morgan fingerprint density at radius 3 is 2.79 bits per heavy atom. The normalized spacial score (nSPS) is 17.2. The highest BCUT2D eigenvalue weighted by molar-refractivity contribution is 5.94. The summed E-state index contributed by atoms with van der Waals surface area (Å²) in [5.74, 6) is 2.29. The van der Waals surface area contributed by atoms with Crippen LogP contribution in [0.4, 0.5) is 5.82 Å². The molecule has 3 heterocycles. The second-order valence-corrected chi connectivity index (χ2v) is 7.62. The first-order chi connectivity index (χ1) is 14.2. The largest absolute Gasteiger partial charge is 0.353 e. The Bertz CT molecular complexity index is 1110. The molecule has 1 amide bonds. The van der Waals surface area contributed by atoms with E-state index >= 15 is 0 Å². The third kappa shape index (κ3) is 3.40. The van der Waals surface area contributed by atoms with Crippen LogP contribution in [0.15, 0.2) is 36.4 Å². The first kappa shape index (κ1) is 17.6. The van der Waals surface area contributed by atoms with E-state index < -0.39 is 0 Å². The molecule has 8 heteroatoms. The summed E-state index contributed by atoms with van der Waals surface area (Å²) in [5.41, 5.74) is 1.85. The lowest BCUT2D eigenvalue weighted by Gasteiger charge is -2.23. The molecule has 2 fully saturated rings. The van der Waals surface area contributed by atoms with Gasteiger partial charge in [0.1, 0.15) is 5.82 Å². The summed E-state index contributed by atoms with van der Waals surface area (Å²) in [6.07, 6.45) is 3.17. The molecular formula is C21H21N7O. The number of carbonyl (C=O) groups is 1. The van der Waals surface area contributed by atoms with Crippen LogP contribution >= 0.6 is 0 Å². The molecule has 0 N–H and O–H groups in total. The van der Waals surface area contributed by atoms with Crippen molar-refractivity contribution in [3.05, 3.63) is 53.3 Å². The van der Waals surface area contributed by atoms with Crippen molar-refractivity contribution in [3.8, 4) is 6.07 Å². The number of anilines is 1.